The molecule has 2 aromatic heterocycles. The van der Waals surface area contributed by atoms with Gasteiger partial charge in [-0.05, 0) is 47.9 Å². The van der Waals surface area contributed by atoms with Gasteiger partial charge in [-0.25, -0.2) is 4.98 Å². The van der Waals surface area contributed by atoms with Gasteiger partial charge in [0.25, 0.3) is 0 Å². The first-order valence-electron chi connectivity index (χ1n) is 11.6. The Hall–Kier alpha value is -2.90. The number of rotatable bonds is 7. The molecule has 0 spiro atoms. The highest BCUT2D eigenvalue weighted by molar-refractivity contribution is 6.42. The van der Waals surface area contributed by atoms with Crippen LogP contribution in [0.15, 0.2) is 67.0 Å². The number of hydrogen-bond donors (Lipinski definition) is 2. The van der Waals surface area contributed by atoms with Gasteiger partial charge >= 0.3 is 0 Å². The van der Waals surface area contributed by atoms with Gasteiger partial charge in [0, 0.05) is 43.0 Å². The first-order valence-corrected chi connectivity index (χ1v) is 12.4. The molecule has 8 heteroatoms. The van der Waals surface area contributed by atoms with Crippen molar-refractivity contribution >= 4 is 39.9 Å². The van der Waals surface area contributed by atoms with Crippen LogP contribution < -0.4 is 5.32 Å². The molecule has 4 aromatic rings. The Balaban J connectivity index is 1.61. The molecule has 1 aliphatic rings. The van der Waals surface area contributed by atoms with Crippen molar-refractivity contribution in [2.45, 2.75) is 12.5 Å². The molecule has 1 atom stereocenters. The summed E-state index contributed by atoms with van der Waals surface area (Å²) in [7, 11) is 0. The van der Waals surface area contributed by atoms with Gasteiger partial charge < -0.3 is 15.2 Å². The summed E-state index contributed by atoms with van der Waals surface area (Å²) in [5.74, 6) is 0.768. The number of halogens is 2. The summed E-state index contributed by atoms with van der Waals surface area (Å²) in [5, 5.41) is 16.7. The Bertz CT molecular complexity index is 1310. The molecule has 1 aliphatic heterocycles. The summed E-state index contributed by atoms with van der Waals surface area (Å²) < 4.78 is 5.49. The third-order valence-electron chi connectivity index (χ3n) is 6.34. The molecule has 1 saturated heterocycles. The Morgan fingerprint density at radius 2 is 1.80 bits per heavy atom. The normalized spacial score (nSPS) is 15.3. The Labute approximate surface area is 214 Å². The maximum Gasteiger partial charge on any atom is 0.147 e. The van der Waals surface area contributed by atoms with E-state index in [1.54, 1.807) is 18.5 Å². The summed E-state index contributed by atoms with van der Waals surface area (Å²) >= 11 is 13.1. The lowest BCUT2D eigenvalue weighted by Gasteiger charge is -2.27. The fourth-order valence-electron chi connectivity index (χ4n) is 4.52. The van der Waals surface area contributed by atoms with E-state index in [1.165, 1.54) is 0 Å². The van der Waals surface area contributed by atoms with Gasteiger partial charge in [-0.3, -0.25) is 9.88 Å². The molecular formula is C27H26Cl2N4O2. The average molecular weight is 509 g/mol. The van der Waals surface area contributed by atoms with E-state index in [0.29, 0.717) is 26.9 Å². The molecular weight excluding hydrogens is 483 g/mol. The molecule has 0 bridgehead atoms. The van der Waals surface area contributed by atoms with Crippen LogP contribution in [-0.4, -0.2) is 52.8 Å². The number of nitrogens with one attached hydrogen (secondary N) is 1. The van der Waals surface area contributed by atoms with Crippen LogP contribution in [0.4, 0.5) is 5.82 Å². The number of phenols is 1. The monoisotopic (exact) mass is 508 g/mol. The zero-order chi connectivity index (χ0) is 24.2. The number of pyridine rings is 2. The minimum Gasteiger partial charge on any atom is -0.505 e. The van der Waals surface area contributed by atoms with Crippen molar-refractivity contribution in [3.05, 3.63) is 93.7 Å². The van der Waals surface area contributed by atoms with Gasteiger partial charge in [0.05, 0.1) is 29.3 Å². The topological polar surface area (TPSA) is 70.5 Å². The first kappa shape index (κ1) is 23.8. The zero-order valence-electron chi connectivity index (χ0n) is 19.1. The molecule has 180 valence electrons. The first-order chi connectivity index (χ1) is 17.1. The minimum atomic E-state index is -0.496. The number of anilines is 1. The van der Waals surface area contributed by atoms with E-state index in [0.717, 1.165) is 55.8 Å². The van der Waals surface area contributed by atoms with Crippen LogP contribution in [0.5, 0.6) is 5.75 Å². The molecule has 0 aliphatic carbocycles. The van der Waals surface area contributed by atoms with E-state index < -0.39 is 6.04 Å². The number of phenolic OH excluding ortho intramolecular Hbond substituents is 1. The van der Waals surface area contributed by atoms with Crippen LogP contribution in [0.1, 0.15) is 22.7 Å². The predicted molar refractivity (Wildman–Crippen MR) is 141 cm³/mol. The second-order valence-electron chi connectivity index (χ2n) is 8.51. The van der Waals surface area contributed by atoms with Gasteiger partial charge in [-0.1, -0.05) is 47.5 Å². The number of ether oxygens (including phenoxy) is 1. The number of hydrogen-bond acceptors (Lipinski definition) is 6. The van der Waals surface area contributed by atoms with Crippen molar-refractivity contribution in [1.29, 1.82) is 0 Å². The number of aromatic nitrogens is 2. The summed E-state index contributed by atoms with van der Waals surface area (Å²) in [6.07, 6.45) is 4.23. The molecule has 0 radical (unpaired) electrons. The predicted octanol–water partition coefficient (Wildman–Crippen LogP) is 5.72. The number of fused-ring (bicyclic) bond motifs is 1. The Morgan fingerprint density at radius 3 is 2.60 bits per heavy atom. The van der Waals surface area contributed by atoms with E-state index in [2.05, 4.69) is 26.3 Å². The quantitative estimate of drug-likeness (QED) is 0.332. The average Bonchev–Trinajstić information content (AvgIpc) is 2.90. The number of aromatic hydroxyl groups is 1. The second-order valence-corrected chi connectivity index (χ2v) is 9.30. The smallest absolute Gasteiger partial charge is 0.147 e. The lowest BCUT2D eigenvalue weighted by atomic mass is 9.92. The summed E-state index contributed by atoms with van der Waals surface area (Å²) in [6.45, 7) is 4.25. The fourth-order valence-corrected chi connectivity index (χ4v) is 4.93. The van der Waals surface area contributed by atoms with E-state index in [-0.39, 0.29) is 5.75 Å². The van der Waals surface area contributed by atoms with Crippen molar-refractivity contribution in [3.63, 3.8) is 0 Å². The maximum absolute atomic E-state index is 11.4. The van der Waals surface area contributed by atoms with Crippen molar-refractivity contribution < 1.29 is 9.84 Å². The molecule has 2 N–H and O–H groups in total. The second kappa shape index (κ2) is 10.8. The molecule has 0 saturated carbocycles. The highest BCUT2D eigenvalue weighted by Crippen LogP contribution is 2.41. The summed E-state index contributed by atoms with van der Waals surface area (Å²) in [4.78, 5) is 11.4. The van der Waals surface area contributed by atoms with Crippen molar-refractivity contribution in [2.75, 3.05) is 38.2 Å². The standard InChI is InChI=1S/C27H26Cl2N4O2/c28-22-7-3-5-20(24(22)29)25(32-23-8-1-2-10-30-23)21-17-18(9-12-33-13-15-35-16-14-33)19-6-4-11-31-26(19)27(21)34/h1-8,10-11,17,25,34H,9,12-16H2,(H,30,32). The highest BCUT2D eigenvalue weighted by atomic mass is 35.5. The van der Waals surface area contributed by atoms with Crippen LogP contribution in [0.2, 0.25) is 10.0 Å². The third-order valence-corrected chi connectivity index (χ3v) is 7.18. The van der Waals surface area contributed by atoms with Crippen LogP contribution in [-0.2, 0) is 11.2 Å². The van der Waals surface area contributed by atoms with E-state index in [1.807, 2.05) is 42.5 Å². The Morgan fingerprint density at radius 1 is 0.971 bits per heavy atom. The van der Waals surface area contributed by atoms with Gasteiger partial charge in [-0.15, -0.1) is 0 Å². The van der Waals surface area contributed by atoms with Gasteiger partial charge in [0.1, 0.15) is 17.1 Å². The summed E-state index contributed by atoms with van der Waals surface area (Å²) in [6, 6.07) is 16.6. The summed E-state index contributed by atoms with van der Waals surface area (Å²) in [5.41, 5.74) is 3.09. The molecule has 3 heterocycles. The van der Waals surface area contributed by atoms with Crippen LogP contribution >= 0.6 is 23.2 Å². The van der Waals surface area contributed by atoms with Gasteiger partial charge in [0.15, 0.2) is 0 Å². The fraction of sp³-hybridized carbons (Fsp3) is 0.259. The number of morpholine rings is 1. The largest absolute Gasteiger partial charge is 0.505 e. The third kappa shape index (κ3) is 5.21. The lowest BCUT2D eigenvalue weighted by molar-refractivity contribution is 0.0385. The van der Waals surface area contributed by atoms with E-state index in [4.69, 9.17) is 27.9 Å². The van der Waals surface area contributed by atoms with Crippen LogP contribution in [0.25, 0.3) is 10.9 Å². The van der Waals surface area contributed by atoms with Crippen molar-refractivity contribution in [3.8, 4) is 5.75 Å². The van der Waals surface area contributed by atoms with E-state index >= 15 is 0 Å². The lowest BCUT2D eigenvalue weighted by Crippen LogP contribution is -2.37. The SMILES string of the molecule is Oc1c(C(Nc2ccccn2)c2cccc(Cl)c2Cl)cc(CCN2CCOCC2)c2cccnc12. The van der Waals surface area contributed by atoms with Crippen LogP contribution in [0.3, 0.4) is 0 Å². The van der Waals surface area contributed by atoms with Crippen molar-refractivity contribution in [1.82, 2.24) is 14.9 Å². The van der Waals surface area contributed by atoms with E-state index in [9.17, 15) is 5.11 Å². The molecule has 35 heavy (non-hydrogen) atoms. The molecule has 5 rings (SSSR count). The number of nitrogens with zero attached hydrogens (tertiary/aromatic N) is 3. The molecule has 2 aromatic carbocycles. The molecule has 0 amide bonds. The van der Waals surface area contributed by atoms with Crippen LogP contribution in [0, 0.1) is 0 Å². The van der Waals surface area contributed by atoms with Crippen molar-refractivity contribution in [2.24, 2.45) is 0 Å². The highest BCUT2D eigenvalue weighted by Gasteiger charge is 2.25. The molecule has 1 unspecified atom stereocenters. The molecule has 6 nitrogen and oxygen atoms in total. The zero-order valence-corrected chi connectivity index (χ0v) is 20.6. The van der Waals surface area contributed by atoms with Gasteiger partial charge in [-0.2, -0.15) is 0 Å². The Kier molecular flexibility index (Phi) is 7.35. The molecule has 1 fully saturated rings. The van der Waals surface area contributed by atoms with Gasteiger partial charge in [0.2, 0.25) is 0 Å². The maximum atomic E-state index is 11.4. The number of benzene rings is 2. The minimum absolute atomic E-state index is 0.111.